The topological polar surface area (TPSA) is 68.9 Å². The number of hydrogen-bond acceptors (Lipinski definition) is 3. The van der Waals surface area contributed by atoms with E-state index in [0.717, 1.165) is 30.7 Å². The number of benzene rings is 1. The van der Waals surface area contributed by atoms with Crippen molar-refractivity contribution in [3.05, 3.63) is 35.4 Å². The lowest BCUT2D eigenvalue weighted by molar-refractivity contribution is 0.0453. The molecule has 0 atom stereocenters. The van der Waals surface area contributed by atoms with Gasteiger partial charge in [-0.25, -0.2) is 4.99 Å². The molecule has 0 spiro atoms. The molecule has 3 N–H and O–H groups in total. The van der Waals surface area contributed by atoms with Gasteiger partial charge in [-0.1, -0.05) is 50.5 Å². The molecule has 25 heavy (non-hydrogen) atoms. The molecule has 6 heteroatoms. The molecule has 1 aromatic rings. The highest BCUT2D eigenvalue weighted by Crippen LogP contribution is 2.08. The Kier molecular flexibility index (Phi) is 16.0. The summed E-state index contributed by atoms with van der Waals surface area (Å²) in [6.07, 6.45) is 4.90. The average molecular weight is 463 g/mol. The Morgan fingerprint density at radius 1 is 1.08 bits per heavy atom. The van der Waals surface area contributed by atoms with Gasteiger partial charge in [0, 0.05) is 13.2 Å². The third kappa shape index (κ3) is 13.1. The molecular formula is C19H34IN3O2. The summed E-state index contributed by atoms with van der Waals surface area (Å²) < 4.78 is 10.8. The lowest BCUT2D eigenvalue weighted by Crippen LogP contribution is -2.32. The fourth-order valence-corrected chi connectivity index (χ4v) is 2.27. The zero-order chi connectivity index (χ0) is 17.5. The number of nitrogens with two attached hydrogens (primary N) is 1. The van der Waals surface area contributed by atoms with E-state index >= 15 is 0 Å². The summed E-state index contributed by atoms with van der Waals surface area (Å²) >= 11 is 0. The van der Waals surface area contributed by atoms with Gasteiger partial charge in [0.1, 0.15) is 0 Å². The van der Waals surface area contributed by atoms with Crippen LogP contribution >= 0.6 is 24.0 Å². The second kappa shape index (κ2) is 16.6. The number of rotatable bonds is 13. The lowest BCUT2D eigenvalue weighted by Gasteiger charge is -2.07. The Morgan fingerprint density at radius 2 is 1.84 bits per heavy atom. The summed E-state index contributed by atoms with van der Waals surface area (Å²) in [7, 11) is 0. The minimum Gasteiger partial charge on any atom is -0.379 e. The Bertz CT molecular complexity index is 470. The Balaban J connectivity index is 0.00000576. The molecule has 0 bridgehead atoms. The van der Waals surface area contributed by atoms with Crippen molar-refractivity contribution in [2.45, 2.75) is 52.7 Å². The highest BCUT2D eigenvalue weighted by molar-refractivity contribution is 14.0. The summed E-state index contributed by atoms with van der Waals surface area (Å²) in [5, 5.41) is 3.17. The molecule has 0 aliphatic rings. The Morgan fingerprint density at radius 3 is 2.60 bits per heavy atom. The SMILES string of the molecule is CCCCCCNC(N)=NCc1cccc(COCCOCC)c1.I. The third-order valence-electron chi connectivity index (χ3n) is 3.60. The van der Waals surface area contributed by atoms with Crippen LogP contribution < -0.4 is 11.1 Å². The van der Waals surface area contributed by atoms with Gasteiger partial charge in [0.2, 0.25) is 0 Å². The van der Waals surface area contributed by atoms with Gasteiger partial charge in [-0.15, -0.1) is 24.0 Å². The van der Waals surface area contributed by atoms with Crippen molar-refractivity contribution in [1.82, 2.24) is 5.32 Å². The van der Waals surface area contributed by atoms with E-state index in [1.54, 1.807) is 0 Å². The van der Waals surface area contributed by atoms with Crippen molar-refractivity contribution >= 4 is 29.9 Å². The van der Waals surface area contributed by atoms with Crippen LogP contribution in [-0.2, 0) is 22.6 Å². The molecule has 0 aromatic heterocycles. The van der Waals surface area contributed by atoms with E-state index in [-0.39, 0.29) is 24.0 Å². The molecule has 0 aliphatic carbocycles. The minimum absolute atomic E-state index is 0. The van der Waals surface area contributed by atoms with Gasteiger partial charge in [0.25, 0.3) is 0 Å². The van der Waals surface area contributed by atoms with Crippen LogP contribution in [0.2, 0.25) is 0 Å². The zero-order valence-corrected chi connectivity index (χ0v) is 18.0. The van der Waals surface area contributed by atoms with Gasteiger partial charge in [0.15, 0.2) is 5.96 Å². The molecule has 0 fully saturated rings. The quantitative estimate of drug-likeness (QED) is 0.202. The molecule has 0 saturated heterocycles. The highest BCUT2D eigenvalue weighted by atomic mass is 127. The third-order valence-corrected chi connectivity index (χ3v) is 3.60. The molecule has 0 amide bonds. The number of halogens is 1. The number of ether oxygens (including phenoxy) is 2. The first-order valence-corrected chi connectivity index (χ1v) is 9.03. The number of aliphatic imine (C=N–C) groups is 1. The minimum atomic E-state index is 0. The maximum atomic E-state index is 5.90. The molecule has 0 heterocycles. The van der Waals surface area contributed by atoms with Crippen molar-refractivity contribution in [3.8, 4) is 0 Å². The monoisotopic (exact) mass is 463 g/mol. The van der Waals surface area contributed by atoms with Gasteiger partial charge in [0.05, 0.1) is 26.4 Å². The maximum absolute atomic E-state index is 5.90. The number of nitrogens with zero attached hydrogens (tertiary/aromatic N) is 1. The molecule has 1 aromatic carbocycles. The second-order valence-electron chi connectivity index (χ2n) is 5.76. The molecule has 0 saturated carbocycles. The van der Waals surface area contributed by atoms with Crippen LogP contribution in [0.15, 0.2) is 29.3 Å². The van der Waals surface area contributed by atoms with Crippen molar-refractivity contribution in [2.75, 3.05) is 26.4 Å². The molecule has 0 unspecified atom stereocenters. The van der Waals surface area contributed by atoms with Gasteiger partial charge in [-0.3, -0.25) is 0 Å². The van der Waals surface area contributed by atoms with Crippen LogP contribution in [0.25, 0.3) is 0 Å². The zero-order valence-electron chi connectivity index (χ0n) is 15.6. The highest BCUT2D eigenvalue weighted by Gasteiger charge is 1.98. The van der Waals surface area contributed by atoms with Gasteiger partial charge < -0.3 is 20.5 Å². The van der Waals surface area contributed by atoms with Crippen LogP contribution in [0.3, 0.4) is 0 Å². The summed E-state index contributed by atoms with van der Waals surface area (Å²) in [5.41, 5.74) is 8.18. The van der Waals surface area contributed by atoms with E-state index in [9.17, 15) is 0 Å². The Hall–Kier alpha value is -0.860. The molecular weight excluding hydrogens is 429 g/mol. The predicted octanol–water partition coefficient (Wildman–Crippen LogP) is 3.84. The van der Waals surface area contributed by atoms with Crippen LogP contribution in [0.4, 0.5) is 0 Å². The predicted molar refractivity (Wildman–Crippen MR) is 115 cm³/mol. The molecule has 1 rings (SSSR count). The number of nitrogens with one attached hydrogen (secondary N) is 1. The number of hydrogen-bond donors (Lipinski definition) is 2. The van der Waals surface area contributed by atoms with E-state index in [1.807, 2.05) is 13.0 Å². The number of unbranched alkanes of at least 4 members (excludes halogenated alkanes) is 3. The van der Waals surface area contributed by atoms with Crippen LogP contribution in [-0.4, -0.2) is 32.3 Å². The first-order chi connectivity index (χ1) is 11.8. The van der Waals surface area contributed by atoms with Crippen LogP contribution in [0, 0.1) is 0 Å². The van der Waals surface area contributed by atoms with Crippen LogP contribution in [0.1, 0.15) is 50.7 Å². The van der Waals surface area contributed by atoms with Crippen molar-refractivity contribution in [1.29, 1.82) is 0 Å². The largest absolute Gasteiger partial charge is 0.379 e. The number of guanidine groups is 1. The summed E-state index contributed by atoms with van der Waals surface area (Å²) in [6, 6.07) is 8.25. The van der Waals surface area contributed by atoms with Crippen molar-refractivity contribution in [3.63, 3.8) is 0 Å². The molecule has 144 valence electrons. The van der Waals surface area contributed by atoms with E-state index in [4.69, 9.17) is 15.2 Å². The first kappa shape index (κ1) is 24.1. The maximum Gasteiger partial charge on any atom is 0.188 e. The average Bonchev–Trinajstić information content (AvgIpc) is 2.60. The molecule has 0 aliphatic heterocycles. The fourth-order valence-electron chi connectivity index (χ4n) is 2.27. The summed E-state index contributed by atoms with van der Waals surface area (Å²) in [4.78, 5) is 4.40. The Labute approximate surface area is 169 Å². The van der Waals surface area contributed by atoms with E-state index in [0.29, 0.717) is 32.3 Å². The lowest BCUT2D eigenvalue weighted by atomic mass is 10.1. The molecule has 5 nitrogen and oxygen atoms in total. The van der Waals surface area contributed by atoms with Crippen molar-refractivity contribution in [2.24, 2.45) is 10.7 Å². The molecule has 0 radical (unpaired) electrons. The summed E-state index contributed by atoms with van der Waals surface area (Å²) in [5.74, 6) is 0.518. The van der Waals surface area contributed by atoms with E-state index in [2.05, 4.69) is 35.4 Å². The van der Waals surface area contributed by atoms with Gasteiger partial charge in [-0.05, 0) is 24.5 Å². The van der Waals surface area contributed by atoms with E-state index < -0.39 is 0 Å². The second-order valence-corrected chi connectivity index (χ2v) is 5.76. The smallest absolute Gasteiger partial charge is 0.188 e. The first-order valence-electron chi connectivity index (χ1n) is 9.03. The normalized spacial score (nSPS) is 11.2. The van der Waals surface area contributed by atoms with Crippen LogP contribution in [0.5, 0.6) is 0 Å². The van der Waals surface area contributed by atoms with Gasteiger partial charge in [-0.2, -0.15) is 0 Å². The van der Waals surface area contributed by atoms with Crippen molar-refractivity contribution < 1.29 is 9.47 Å². The fraction of sp³-hybridized carbons (Fsp3) is 0.632. The van der Waals surface area contributed by atoms with Gasteiger partial charge >= 0.3 is 0 Å². The van der Waals surface area contributed by atoms with E-state index in [1.165, 1.54) is 19.3 Å². The standard InChI is InChI=1S/C19H33N3O2.HI/c1-3-5-6-7-11-21-19(20)22-15-17-9-8-10-18(14-17)16-24-13-12-23-4-2;/h8-10,14H,3-7,11-13,15-16H2,1-2H3,(H3,20,21,22);1H. The summed E-state index contributed by atoms with van der Waals surface area (Å²) in [6.45, 7) is 8.24.